The number of nitrogens with zero attached hydrogens (tertiary/aromatic N) is 1. The number of hydrogen-bond donors (Lipinski definition) is 0. The van der Waals surface area contributed by atoms with Crippen LogP contribution >= 0.6 is 12.4 Å². The summed E-state index contributed by atoms with van der Waals surface area (Å²) in [4.78, 5) is 15.1. The molecule has 72 valence electrons. The molecule has 0 fully saturated rings. The number of ketones is 1. The minimum Gasteiger partial charge on any atom is -0.294 e. The summed E-state index contributed by atoms with van der Waals surface area (Å²) in [6.45, 7) is 0. The van der Waals surface area contributed by atoms with Crippen LogP contribution in [0.4, 0.5) is 0 Å². The highest BCUT2D eigenvalue weighted by atomic mass is 35.5. The van der Waals surface area contributed by atoms with Crippen molar-refractivity contribution in [3.8, 4) is 0 Å². The normalized spacial score (nSPS) is 25.6. The van der Waals surface area contributed by atoms with Gasteiger partial charge >= 0.3 is 0 Å². The van der Waals surface area contributed by atoms with Gasteiger partial charge in [0.05, 0.1) is 0 Å². The number of halogens is 1. The number of allylic oxidation sites excluding steroid dienone is 7. The van der Waals surface area contributed by atoms with Crippen LogP contribution in [0, 0.1) is 0 Å². The molecule has 0 aromatic carbocycles. The lowest BCUT2D eigenvalue weighted by Gasteiger charge is -2.09. The number of aliphatic imine (C=N–C) groups is 1. The van der Waals surface area contributed by atoms with Gasteiger partial charge in [-0.2, -0.15) is 0 Å². The number of carbonyl (C=O) groups is 1. The molecule has 1 aliphatic heterocycles. The summed E-state index contributed by atoms with van der Waals surface area (Å²) in [5.41, 5.74) is 2.14. The number of carbonyl (C=O) groups excluding carboxylic acids is 1. The summed E-state index contributed by atoms with van der Waals surface area (Å²) in [5, 5.41) is 0. The second-order valence-electron chi connectivity index (χ2n) is 2.93. The molecule has 0 aromatic heterocycles. The Labute approximate surface area is 88.8 Å². The minimum absolute atomic E-state index is 0. The van der Waals surface area contributed by atoms with Crippen molar-refractivity contribution in [1.82, 2.24) is 0 Å². The van der Waals surface area contributed by atoms with Crippen LogP contribution < -0.4 is 0 Å². The number of hydrogen-bond acceptors (Lipinski definition) is 2. The van der Waals surface area contributed by atoms with Gasteiger partial charge in [0.25, 0.3) is 0 Å². The second kappa shape index (κ2) is 4.72. The van der Waals surface area contributed by atoms with Gasteiger partial charge in [-0.15, -0.1) is 12.4 Å². The predicted molar refractivity (Wildman–Crippen MR) is 59.8 cm³/mol. The first-order valence-corrected chi connectivity index (χ1v) is 4.17. The van der Waals surface area contributed by atoms with Crippen LogP contribution in [-0.2, 0) is 4.79 Å². The van der Waals surface area contributed by atoms with Crippen molar-refractivity contribution in [2.45, 2.75) is 6.42 Å². The van der Waals surface area contributed by atoms with Crippen molar-refractivity contribution < 1.29 is 4.79 Å². The zero-order valence-electron chi connectivity index (χ0n) is 7.51. The number of rotatable bonds is 0. The Kier molecular flexibility index (Phi) is 3.60. The van der Waals surface area contributed by atoms with Crippen LogP contribution in [0.3, 0.4) is 0 Å². The maximum Gasteiger partial charge on any atom is 0.160 e. The molecule has 0 amide bonds. The molecule has 0 saturated heterocycles. The van der Waals surface area contributed by atoms with E-state index < -0.39 is 0 Å². The van der Waals surface area contributed by atoms with Gasteiger partial charge in [0, 0.05) is 18.8 Å². The molecule has 0 radical (unpaired) electrons. The average molecular weight is 208 g/mol. The van der Waals surface area contributed by atoms with Gasteiger partial charge in [0.1, 0.15) is 0 Å². The highest BCUT2D eigenvalue weighted by molar-refractivity contribution is 5.94. The molecule has 3 heteroatoms. The Balaban J connectivity index is 0.000000980. The van der Waals surface area contributed by atoms with Crippen molar-refractivity contribution in [2.24, 2.45) is 4.99 Å². The van der Waals surface area contributed by atoms with Crippen molar-refractivity contribution >= 4 is 24.4 Å². The van der Waals surface area contributed by atoms with E-state index in [2.05, 4.69) is 4.99 Å². The molecule has 0 N–H and O–H groups in total. The van der Waals surface area contributed by atoms with E-state index in [9.17, 15) is 4.79 Å². The zero-order valence-corrected chi connectivity index (χ0v) is 8.33. The average Bonchev–Trinajstić information content (AvgIpc) is 2.08. The third-order valence-electron chi connectivity index (χ3n) is 1.99. The van der Waals surface area contributed by atoms with Crippen molar-refractivity contribution in [2.75, 3.05) is 0 Å². The molecule has 0 spiro atoms. The van der Waals surface area contributed by atoms with Crippen LogP contribution in [0.15, 0.2) is 52.7 Å². The van der Waals surface area contributed by atoms with Crippen molar-refractivity contribution in [3.05, 3.63) is 47.7 Å². The van der Waals surface area contributed by atoms with Crippen LogP contribution in [0.5, 0.6) is 0 Å². The predicted octanol–water partition coefficient (Wildman–Crippen LogP) is 2.39. The molecule has 2 aliphatic rings. The van der Waals surface area contributed by atoms with Crippen molar-refractivity contribution in [1.29, 1.82) is 0 Å². The molecule has 1 heterocycles. The van der Waals surface area contributed by atoms with Crippen LogP contribution in [0.1, 0.15) is 6.42 Å². The third kappa shape index (κ3) is 2.30. The highest BCUT2D eigenvalue weighted by Crippen LogP contribution is 2.19. The van der Waals surface area contributed by atoms with Crippen LogP contribution in [0.25, 0.3) is 0 Å². The summed E-state index contributed by atoms with van der Waals surface area (Å²) < 4.78 is 0. The summed E-state index contributed by atoms with van der Waals surface area (Å²) >= 11 is 0. The minimum atomic E-state index is 0. The van der Waals surface area contributed by atoms with Gasteiger partial charge < -0.3 is 0 Å². The topological polar surface area (TPSA) is 29.4 Å². The summed E-state index contributed by atoms with van der Waals surface area (Å²) in [6.07, 6.45) is 13.1. The lowest BCUT2D eigenvalue weighted by molar-refractivity contribution is -0.114. The van der Waals surface area contributed by atoms with E-state index >= 15 is 0 Å². The Morgan fingerprint density at radius 3 is 2.86 bits per heavy atom. The molecular formula is C11H10ClNO. The van der Waals surface area contributed by atoms with E-state index in [1.807, 2.05) is 24.3 Å². The summed E-state index contributed by atoms with van der Waals surface area (Å²) in [6, 6.07) is 0. The smallest absolute Gasteiger partial charge is 0.160 e. The fraction of sp³-hybridized carbons (Fsp3) is 0.0909. The largest absolute Gasteiger partial charge is 0.294 e. The molecule has 1 aliphatic carbocycles. The summed E-state index contributed by atoms with van der Waals surface area (Å²) in [5.74, 6) is 0.161. The Hall–Kier alpha value is -1.41. The van der Waals surface area contributed by atoms with Gasteiger partial charge in [-0.3, -0.25) is 9.79 Å². The van der Waals surface area contributed by atoms with Crippen molar-refractivity contribution in [3.63, 3.8) is 0 Å². The van der Waals surface area contributed by atoms with E-state index in [0.29, 0.717) is 6.42 Å². The maximum absolute atomic E-state index is 11.1. The molecule has 0 atom stereocenters. The fourth-order valence-corrected chi connectivity index (χ4v) is 1.34. The quantitative estimate of drug-likeness (QED) is 0.600. The maximum atomic E-state index is 11.1. The first-order valence-electron chi connectivity index (χ1n) is 4.17. The fourth-order valence-electron chi connectivity index (χ4n) is 1.34. The van der Waals surface area contributed by atoms with E-state index in [1.54, 1.807) is 18.5 Å². The molecular weight excluding hydrogens is 198 g/mol. The molecule has 0 saturated carbocycles. The van der Waals surface area contributed by atoms with E-state index in [-0.39, 0.29) is 18.2 Å². The lowest BCUT2D eigenvalue weighted by Crippen LogP contribution is -2.01. The van der Waals surface area contributed by atoms with Gasteiger partial charge in [0.15, 0.2) is 5.78 Å². The molecule has 2 nitrogen and oxygen atoms in total. The van der Waals surface area contributed by atoms with E-state index in [4.69, 9.17) is 0 Å². The third-order valence-corrected chi connectivity index (χ3v) is 1.99. The molecule has 0 aromatic rings. The van der Waals surface area contributed by atoms with Gasteiger partial charge in [-0.05, 0) is 29.4 Å². The molecule has 0 bridgehead atoms. The van der Waals surface area contributed by atoms with Crippen LogP contribution in [-0.4, -0.2) is 12.0 Å². The Morgan fingerprint density at radius 2 is 2.00 bits per heavy atom. The summed E-state index contributed by atoms with van der Waals surface area (Å²) in [7, 11) is 0. The van der Waals surface area contributed by atoms with Gasteiger partial charge in [-0.25, -0.2) is 0 Å². The highest BCUT2D eigenvalue weighted by Gasteiger charge is 2.09. The van der Waals surface area contributed by atoms with Gasteiger partial charge in [-0.1, -0.05) is 12.2 Å². The zero-order chi connectivity index (χ0) is 9.10. The molecule has 0 unspecified atom stereocenters. The molecule has 14 heavy (non-hydrogen) atoms. The lowest BCUT2D eigenvalue weighted by atomic mass is 9.96. The van der Waals surface area contributed by atoms with Crippen LogP contribution in [0.2, 0.25) is 0 Å². The first kappa shape index (κ1) is 10.7. The standard InChI is InChI=1S/C11H9NO.ClH/c13-11-4-3-9-5-7-12-6-1-2-10(9)8-11;/h1-7H,8H2;1H/b2-1-,6-1?,7-5-,9-5?,10-2?,12-6-,12-7?;. The Bertz CT molecular complexity index is 382. The Morgan fingerprint density at radius 1 is 1.14 bits per heavy atom. The second-order valence-corrected chi connectivity index (χ2v) is 2.93. The van der Waals surface area contributed by atoms with E-state index in [0.717, 1.165) is 11.1 Å². The molecule has 2 rings (SSSR count). The van der Waals surface area contributed by atoms with Gasteiger partial charge in [0.2, 0.25) is 0 Å². The monoisotopic (exact) mass is 207 g/mol. The SMILES string of the molecule is Cl.O=C1C=CC2=C(\C=C/C=N\C=C/2)C1. The van der Waals surface area contributed by atoms with E-state index in [1.165, 1.54) is 0 Å². The first-order chi connectivity index (χ1) is 6.36.